The molecule has 1 N–H and O–H groups in total. The van der Waals surface area contributed by atoms with Crippen molar-refractivity contribution in [3.05, 3.63) is 44.6 Å². The zero-order valence-corrected chi connectivity index (χ0v) is 13.3. The Morgan fingerprint density at radius 3 is 2.68 bits per heavy atom. The number of rotatable bonds is 6. The first-order valence-corrected chi connectivity index (χ1v) is 7.55. The standard InChI is InChI=1S/C14H16BrNO2S/c1-17-13-7-11(15)6-10(14(13)18-2)8-16-9-12-4-3-5-19-12/h3-7,16H,8-9H2,1-2H3. The van der Waals surface area contributed by atoms with Crippen molar-refractivity contribution in [2.24, 2.45) is 0 Å². The summed E-state index contributed by atoms with van der Waals surface area (Å²) >= 11 is 5.24. The molecule has 0 unspecified atom stereocenters. The van der Waals surface area contributed by atoms with Gasteiger partial charge < -0.3 is 14.8 Å². The number of nitrogens with one attached hydrogen (secondary N) is 1. The minimum absolute atomic E-state index is 0.733. The summed E-state index contributed by atoms with van der Waals surface area (Å²) in [7, 11) is 3.31. The lowest BCUT2D eigenvalue weighted by atomic mass is 10.2. The number of ether oxygens (including phenoxy) is 2. The fourth-order valence-electron chi connectivity index (χ4n) is 1.87. The smallest absolute Gasteiger partial charge is 0.165 e. The fraction of sp³-hybridized carbons (Fsp3) is 0.286. The Bertz CT molecular complexity index is 528. The number of benzene rings is 1. The second kappa shape index (κ2) is 6.93. The molecule has 0 saturated heterocycles. The van der Waals surface area contributed by atoms with Crippen molar-refractivity contribution in [2.45, 2.75) is 13.1 Å². The summed E-state index contributed by atoms with van der Waals surface area (Å²) in [5.74, 6) is 1.52. The average Bonchev–Trinajstić information content (AvgIpc) is 2.91. The molecule has 1 aromatic carbocycles. The molecule has 2 rings (SSSR count). The second-order valence-electron chi connectivity index (χ2n) is 3.98. The van der Waals surface area contributed by atoms with Crippen LogP contribution in [0.4, 0.5) is 0 Å². The lowest BCUT2D eigenvalue weighted by Gasteiger charge is -2.14. The summed E-state index contributed by atoms with van der Waals surface area (Å²) in [5.41, 5.74) is 1.07. The molecule has 102 valence electrons. The highest BCUT2D eigenvalue weighted by atomic mass is 79.9. The maximum Gasteiger partial charge on any atom is 0.165 e. The van der Waals surface area contributed by atoms with Crippen LogP contribution in [0.1, 0.15) is 10.4 Å². The van der Waals surface area contributed by atoms with Crippen molar-refractivity contribution in [3.8, 4) is 11.5 Å². The van der Waals surface area contributed by atoms with Crippen molar-refractivity contribution in [3.63, 3.8) is 0 Å². The fourth-order valence-corrected chi connectivity index (χ4v) is 3.03. The van der Waals surface area contributed by atoms with E-state index in [1.165, 1.54) is 4.88 Å². The highest BCUT2D eigenvalue weighted by molar-refractivity contribution is 9.10. The molecular formula is C14H16BrNO2S. The molecule has 0 aliphatic rings. The van der Waals surface area contributed by atoms with Gasteiger partial charge in [0.1, 0.15) is 0 Å². The van der Waals surface area contributed by atoms with Crippen molar-refractivity contribution >= 4 is 27.3 Å². The Balaban J connectivity index is 2.08. The van der Waals surface area contributed by atoms with Crippen LogP contribution in [0, 0.1) is 0 Å². The van der Waals surface area contributed by atoms with Gasteiger partial charge in [-0.25, -0.2) is 0 Å². The first kappa shape index (κ1) is 14.4. The third kappa shape index (κ3) is 3.72. The summed E-state index contributed by atoms with van der Waals surface area (Å²) in [4.78, 5) is 1.32. The van der Waals surface area contributed by atoms with Crippen LogP contribution < -0.4 is 14.8 Å². The summed E-state index contributed by atoms with van der Waals surface area (Å²) in [6.45, 7) is 1.59. The topological polar surface area (TPSA) is 30.5 Å². The molecule has 0 spiro atoms. The molecule has 0 bridgehead atoms. The Morgan fingerprint density at radius 2 is 2.05 bits per heavy atom. The minimum Gasteiger partial charge on any atom is -0.493 e. The van der Waals surface area contributed by atoms with E-state index in [0.717, 1.165) is 34.6 Å². The molecule has 3 nitrogen and oxygen atoms in total. The summed E-state index contributed by atoms with van der Waals surface area (Å²) < 4.78 is 11.7. The highest BCUT2D eigenvalue weighted by Gasteiger charge is 2.11. The predicted octanol–water partition coefficient (Wildman–Crippen LogP) is 3.82. The van der Waals surface area contributed by atoms with Crippen molar-refractivity contribution in [1.29, 1.82) is 0 Å². The van der Waals surface area contributed by atoms with Gasteiger partial charge >= 0.3 is 0 Å². The molecule has 0 saturated carbocycles. The minimum atomic E-state index is 0.733. The van der Waals surface area contributed by atoms with E-state index < -0.39 is 0 Å². The highest BCUT2D eigenvalue weighted by Crippen LogP contribution is 2.34. The second-order valence-corrected chi connectivity index (χ2v) is 5.93. The number of methoxy groups -OCH3 is 2. The molecule has 0 aliphatic heterocycles. The van der Waals surface area contributed by atoms with Crippen LogP contribution in [0.15, 0.2) is 34.1 Å². The van der Waals surface area contributed by atoms with Gasteiger partial charge in [-0.05, 0) is 23.6 Å². The van der Waals surface area contributed by atoms with Crippen LogP contribution in [0.25, 0.3) is 0 Å². The van der Waals surface area contributed by atoms with E-state index in [-0.39, 0.29) is 0 Å². The number of hydrogen-bond donors (Lipinski definition) is 1. The first-order valence-electron chi connectivity index (χ1n) is 5.88. The Kier molecular flexibility index (Phi) is 5.24. The maximum absolute atomic E-state index is 5.43. The SMILES string of the molecule is COc1cc(Br)cc(CNCc2cccs2)c1OC. The molecule has 0 fully saturated rings. The molecule has 1 heterocycles. The van der Waals surface area contributed by atoms with Gasteiger partial charge in [0.2, 0.25) is 0 Å². The van der Waals surface area contributed by atoms with E-state index in [1.54, 1.807) is 25.6 Å². The lowest BCUT2D eigenvalue weighted by molar-refractivity contribution is 0.350. The molecule has 5 heteroatoms. The number of hydrogen-bond acceptors (Lipinski definition) is 4. The monoisotopic (exact) mass is 341 g/mol. The molecule has 2 aromatic rings. The Hall–Kier alpha value is -1.04. The van der Waals surface area contributed by atoms with Crippen LogP contribution in [-0.4, -0.2) is 14.2 Å². The first-order chi connectivity index (χ1) is 9.24. The largest absolute Gasteiger partial charge is 0.493 e. The van der Waals surface area contributed by atoms with Crippen LogP contribution in [0.2, 0.25) is 0 Å². The van der Waals surface area contributed by atoms with E-state index in [2.05, 4.69) is 38.8 Å². The van der Waals surface area contributed by atoms with E-state index in [1.807, 2.05) is 12.1 Å². The maximum atomic E-state index is 5.43. The molecule has 0 aliphatic carbocycles. The van der Waals surface area contributed by atoms with Crippen molar-refractivity contribution in [1.82, 2.24) is 5.32 Å². The number of halogens is 1. The van der Waals surface area contributed by atoms with Gasteiger partial charge in [-0.3, -0.25) is 0 Å². The van der Waals surface area contributed by atoms with Gasteiger partial charge in [-0.1, -0.05) is 22.0 Å². The predicted molar refractivity (Wildman–Crippen MR) is 82.1 cm³/mol. The van der Waals surface area contributed by atoms with E-state index in [0.29, 0.717) is 0 Å². The van der Waals surface area contributed by atoms with Gasteiger partial charge in [0, 0.05) is 28.0 Å². The van der Waals surface area contributed by atoms with Crippen molar-refractivity contribution < 1.29 is 9.47 Å². The summed E-state index contributed by atoms with van der Waals surface area (Å²) in [6, 6.07) is 8.13. The lowest BCUT2D eigenvalue weighted by Crippen LogP contribution is -2.13. The molecule has 0 amide bonds. The zero-order valence-electron chi connectivity index (χ0n) is 10.9. The van der Waals surface area contributed by atoms with Crippen LogP contribution in [0.5, 0.6) is 11.5 Å². The number of thiophene rings is 1. The van der Waals surface area contributed by atoms with Gasteiger partial charge in [0.05, 0.1) is 14.2 Å². The van der Waals surface area contributed by atoms with Gasteiger partial charge in [0.25, 0.3) is 0 Å². The van der Waals surface area contributed by atoms with Crippen LogP contribution in [-0.2, 0) is 13.1 Å². The summed E-state index contributed by atoms with van der Waals surface area (Å²) in [6.07, 6.45) is 0. The third-order valence-corrected chi connectivity index (χ3v) is 4.05. The molecular weight excluding hydrogens is 326 g/mol. The van der Waals surface area contributed by atoms with Crippen LogP contribution >= 0.6 is 27.3 Å². The Morgan fingerprint density at radius 1 is 1.21 bits per heavy atom. The Labute approximate surface area is 125 Å². The van der Waals surface area contributed by atoms with Crippen LogP contribution in [0.3, 0.4) is 0 Å². The quantitative estimate of drug-likeness (QED) is 0.866. The average molecular weight is 342 g/mol. The van der Waals surface area contributed by atoms with Crippen molar-refractivity contribution in [2.75, 3.05) is 14.2 Å². The van der Waals surface area contributed by atoms with Gasteiger partial charge in [0.15, 0.2) is 11.5 Å². The van der Waals surface area contributed by atoms with E-state index >= 15 is 0 Å². The van der Waals surface area contributed by atoms with Gasteiger partial charge in [-0.15, -0.1) is 11.3 Å². The normalized spacial score (nSPS) is 10.5. The van der Waals surface area contributed by atoms with E-state index in [9.17, 15) is 0 Å². The zero-order chi connectivity index (χ0) is 13.7. The molecule has 1 aromatic heterocycles. The van der Waals surface area contributed by atoms with Gasteiger partial charge in [-0.2, -0.15) is 0 Å². The third-order valence-electron chi connectivity index (χ3n) is 2.72. The molecule has 0 radical (unpaired) electrons. The van der Waals surface area contributed by atoms with E-state index in [4.69, 9.17) is 9.47 Å². The summed E-state index contributed by atoms with van der Waals surface area (Å²) in [5, 5.41) is 5.49. The molecule has 19 heavy (non-hydrogen) atoms. The molecule has 0 atom stereocenters.